The van der Waals surface area contributed by atoms with E-state index in [1.807, 2.05) is 13.0 Å². The molecular formula is C20H29N3O2. The van der Waals surface area contributed by atoms with Crippen LogP contribution in [0.25, 0.3) is 0 Å². The molecule has 1 aromatic heterocycles. The van der Waals surface area contributed by atoms with Gasteiger partial charge in [0.05, 0.1) is 12.3 Å². The van der Waals surface area contributed by atoms with Crippen molar-refractivity contribution in [2.45, 2.75) is 52.0 Å². The molecule has 1 aromatic rings. The van der Waals surface area contributed by atoms with Crippen molar-refractivity contribution < 1.29 is 9.63 Å². The quantitative estimate of drug-likeness (QED) is 0.846. The number of rotatable bonds is 3. The van der Waals surface area contributed by atoms with Gasteiger partial charge in [-0.3, -0.25) is 19.5 Å². The summed E-state index contributed by atoms with van der Waals surface area (Å²) in [6.45, 7) is 6.48. The number of hydrogen-bond donors (Lipinski definition) is 0. The Morgan fingerprint density at radius 3 is 3.00 bits per heavy atom. The first kappa shape index (κ1) is 17.0. The van der Waals surface area contributed by atoms with Crippen molar-refractivity contribution >= 4 is 5.91 Å². The Bertz CT molecular complexity index is 629. The average molecular weight is 343 g/mol. The number of carbonyl (C=O) groups is 1. The fourth-order valence-electron chi connectivity index (χ4n) is 4.99. The second kappa shape index (κ2) is 7.04. The molecule has 0 aromatic carbocycles. The van der Waals surface area contributed by atoms with Gasteiger partial charge in [0.2, 0.25) is 5.91 Å². The molecule has 0 N–H and O–H groups in total. The number of hydrogen-bond acceptors (Lipinski definition) is 4. The molecule has 0 unspecified atom stereocenters. The molecule has 1 aliphatic carbocycles. The van der Waals surface area contributed by atoms with Gasteiger partial charge >= 0.3 is 0 Å². The van der Waals surface area contributed by atoms with Crippen LogP contribution in [0.5, 0.6) is 0 Å². The first-order valence-electron chi connectivity index (χ1n) is 9.75. The lowest BCUT2D eigenvalue weighted by Crippen LogP contribution is -2.45. The van der Waals surface area contributed by atoms with Gasteiger partial charge in [0.15, 0.2) is 0 Å². The fraction of sp³-hybridized carbons (Fsp3) is 0.700. The lowest BCUT2D eigenvalue weighted by molar-refractivity contribution is -0.204. The summed E-state index contributed by atoms with van der Waals surface area (Å²) < 4.78 is 0. The second-order valence-corrected chi connectivity index (χ2v) is 8.02. The Labute approximate surface area is 150 Å². The van der Waals surface area contributed by atoms with Crippen LogP contribution in [-0.4, -0.2) is 47.1 Å². The van der Waals surface area contributed by atoms with Crippen LogP contribution in [-0.2, 0) is 16.2 Å². The van der Waals surface area contributed by atoms with Gasteiger partial charge in [0.1, 0.15) is 0 Å². The Morgan fingerprint density at radius 2 is 2.20 bits per heavy atom. The summed E-state index contributed by atoms with van der Waals surface area (Å²) in [7, 11) is 0. The highest BCUT2D eigenvalue weighted by molar-refractivity contribution is 5.79. The van der Waals surface area contributed by atoms with E-state index >= 15 is 0 Å². The average Bonchev–Trinajstić information content (AvgIpc) is 3.22. The molecule has 25 heavy (non-hydrogen) atoms. The Balaban J connectivity index is 1.43. The highest BCUT2D eigenvalue weighted by atomic mass is 16.7. The molecule has 0 bridgehead atoms. The summed E-state index contributed by atoms with van der Waals surface area (Å²) in [6.07, 6.45) is 6.63. The molecule has 4 rings (SSSR count). The standard InChI is InChI=1S/C20H29N3O2/c1-16-6-4-7-17(21-16)14-22-12-10-20(15-22)9-5-8-18(20)19(24)23-11-2-3-13-25-23/h4,6-7,18H,2-3,5,8-15H2,1H3/t18-,20-/m1/s1. The van der Waals surface area contributed by atoms with E-state index in [0.29, 0.717) is 6.61 Å². The number of hydroxylamine groups is 2. The zero-order valence-electron chi connectivity index (χ0n) is 15.2. The van der Waals surface area contributed by atoms with Crippen LogP contribution >= 0.6 is 0 Å². The van der Waals surface area contributed by atoms with Crippen molar-refractivity contribution in [2.75, 3.05) is 26.2 Å². The number of pyridine rings is 1. The highest BCUT2D eigenvalue weighted by Gasteiger charge is 2.51. The molecule has 136 valence electrons. The molecule has 2 saturated heterocycles. The van der Waals surface area contributed by atoms with Gasteiger partial charge in [-0.15, -0.1) is 0 Å². The van der Waals surface area contributed by atoms with E-state index in [1.54, 1.807) is 5.06 Å². The minimum atomic E-state index is 0.140. The summed E-state index contributed by atoms with van der Waals surface area (Å²) in [5.74, 6) is 0.383. The van der Waals surface area contributed by atoms with Crippen LogP contribution < -0.4 is 0 Å². The summed E-state index contributed by atoms with van der Waals surface area (Å²) in [4.78, 5) is 25.8. The monoisotopic (exact) mass is 343 g/mol. The maximum Gasteiger partial charge on any atom is 0.249 e. The maximum absolute atomic E-state index is 13.0. The smallest absolute Gasteiger partial charge is 0.249 e. The van der Waals surface area contributed by atoms with E-state index in [4.69, 9.17) is 4.84 Å². The summed E-state index contributed by atoms with van der Waals surface area (Å²) >= 11 is 0. The van der Waals surface area contributed by atoms with E-state index < -0.39 is 0 Å². The van der Waals surface area contributed by atoms with E-state index in [1.165, 1.54) is 12.8 Å². The van der Waals surface area contributed by atoms with Crippen molar-refractivity contribution in [1.29, 1.82) is 0 Å². The molecule has 2 aliphatic heterocycles. The first-order valence-corrected chi connectivity index (χ1v) is 9.75. The summed E-state index contributed by atoms with van der Waals surface area (Å²) in [5, 5.41) is 1.67. The Hall–Kier alpha value is -1.46. The second-order valence-electron chi connectivity index (χ2n) is 8.02. The van der Waals surface area contributed by atoms with E-state index in [9.17, 15) is 4.79 Å². The van der Waals surface area contributed by atoms with E-state index in [0.717, 1.165) is 63.3 Å². The zero-order chi connectivity index (χ0) is 17.3. The lowest BCUT2D eigenvalue weighted by Gasteiger charge is -2.35. The lowest BCUT2D eigenvalue weighted by atomic mass is 9.76. The molecule has 5 nitrogen and oxygen atoms in total. The van der Waals surface area contributed by atoms with Crippen LogP contribution in [0.15, 0.2) is 18.2 Å². The first-order chi connectivity index (χ1) is 12.2. The molecule has 3 heterocycles. The van der Waals surface area contributed by atoms with Crippen molar-refractivity contribution in [2.24, 2.45) is 11.3 Å². The molecule has 1 saturated carbocycles. The number of aryl methyl sites for hydroxylation is 1. The van der Waals surface area contributed by atoms with Gasteiger partial charge in [-0.05, 0) is 63.1 Å². The van der Waals surface area contributed by atoms with Gasteiger partial charge in [-0.1, -0.05) is 12.5 Å². The fourth-order valence-corrected chi connectivity index (χ4v) is 4.99. The molecule has 1 amide bonds. The van der Waals surface area contributed by atoms with Crippen molar-refractivity contribution in [1.82, 2.24) is 14.9 Å². The Kier molecular flexibility index (Phi) is 4.78. The third-order valence-corrected chi connectivity index (χ3v) is 6.25. The SMILES string of the molecule is Cc1cccc(CN2CC[C@]3(CCC[C@@H]3C(=O)N3CCCCO3)C2)n1. The summed E-state index contributed by atoms with van der Waals surface area (Å²) in [5.41, 5.74) is 2.36. The molecule has 0 radical (unpaired) electrons. The predicted octanol–water partition coefficient (Wildman–Crippen LogP) is 2.94. The minimum Gasteiger partial charge on any atom is -0.297 e. The highest BCUT2D eigenvalue weighted by Crippen LogP contribution is 2.50. The number of nitrogens with zero attached hydrogens (tertiary/aromatic N) is 3. The van der Waals surface area contributed by atoms with Crippen LogP contribution in [0.3, 0.4) is 0 Å². The summed E-state index contributed by atoms with van der Waals surface area (Å²) in [6, 6.07) is 6.23. The Morgan fingerprint density at radius 1 is 1.28 bits per heavy atom. The van der Waals surface area contributed by atoms with Crippen LogP contribution in [0.1, 0.15) is 49.9 Å². The number of carbonyl (C=O) groups excluding carboxylic acids is 1. The van der Waals surface area contributed by atoms with Crippen LogP contribution in [0.4, 0.5) is 0 Å². The predicted molar refractivity (Wildman–Crippen MR) is 95.5 cm³/mol. The third-order valence-electron chi connectivity index (χ3n) is 6.25. The van der Waals surface area contributed by atoms with Crippen molar-refractivity contribution in [3.05, 3.63) is 29.6 Å². The normalized spacial score (nSPS) is 30.3. The molecule has 3 aliphatic rings. The molecule has 5 heteroatoms. The van der Waals surface area contributed by atoms with Crippen LogP contribution in [0, 0.1) is 18.3 Å². The van der Waals surface area contributed by atoms with Crippen molar-refractivity contribution in [3.8, 4) is 0 Å². The number of amides is 1. The minimum absolute atomic E-state index is 0.140. The largest absolute Gasteiger partial charge is 0.297 e. The topological polar surface area (TPSA) is 45.7 Å². The van der Waals surface area contributed by atoms with E-state index in [-0.39, 0.29) is 17.2 Å². The maximum atomic E-state index is 13.0. The number of likely N-dealkylation sites (tertiary alicyclic amines) is 1. The van der Waals surface area contributed by atoms with Gasteiger partial charge < -0.3 is 0 Å². The van der Waals surface area contributed by atoms with Gasteiger partial charge in [0, 0.05) is 31.2 Å². The molecule has 3 fully saturated rings. The zero-order valence-corrected chi connectivity index (χ0v) is 15.2. The van der Waals surface area contributed by atoms with Crippen LogP contribution in [0.2, 0.25) is 0 Å². The third kappa shape index (κ3) is 3.44. The number of aromatic nitrogens is 1. The molecular weight excluding hydrogens is 314 g/mol. The van der Waals surface area contributed by atoms with Gasteiger partial charge in [0.25, 0.3) is 0 Å². The van der Waals surface area contributed by atoms with Gasteiger partial charge in [-0.25, -0.2) is 5.06 Å². The molecule has 1 spiro atoms. The molecule has 2 atom stereocenters. The van der Waals surface area contributed by atoms with Crippen molar-refractivity contribution in [3.63, 3.8) is 0 Å². The van der Waals surface area contributed by atoms with Gasteiger partial charge in [-0.2, -0.15) is 0 Å². The van der Waals surface area contributed by atoms with E-state index in [2.05, 4.69) is 22.0 Å².